The third kappa shape index (κ3) is 2.70. The van der Waals surface area contributed by atoms with Crippen molar-refractivity contribution in [1.82, 2.24) is 4.31 Å². The average molecular weight is 230 g/mol. The SMILES string of the molecule is CC(CC#N)N(C)S(=O)(=O)C1CCCC1. The molecule has 1 unspecified atom stereocenters. The van der Waals surface area contributed by atoms with Gasteiger partial charge in [-0.3, -0.25) is 0 Å². The molecule has 1 atom stereocenters. The lowest BCUT2D eigenvalue weighted by atomic mass is 10.3. The van der Waals surface area contributed by atoms with E-state index in [0.29, 0.717) is 0 Å². The van der Waals surface area contributed by atoms with E-state index in [2.05, 4.69) is 0 Å². The van der Waals surface area contributed by atoms with Crippen LogP contribution in [0.25, 0.3) is 0 Å². The van der Waals surface area contributed by atoms with E-state index < -0.39 is 10.0 Å². The van der Waals surface area contributed by atoms with Gasteiger partial charge in [0, 0.05) is 13.1 Å². The molecule has 1 saturated carbocycles. The molecule has 0 saturated heterocycles. The average Bonchev–Trinajstić information content (AvgIpc) is 2.70. The van der Waals surface area contributed by atoms with Crippen LogP contribution < -0.4 is 0 Å². The second kappa shape index (κ2) is 4.95. The first-order valence-electron chi connectivity index (χ1n) is 5.34. The molecule has 0 heterocycles. The van der Waals surface area contributed by atoms with E-state index in [1.807, 2.05) is 6.07 Å². The minimum Gasteiger partial charge on any atom is -0.212 e. The van der Waals surface area contributed by atoms with Crippen molar-refractivity contribution in [3.63, 3.8) is 0 Å². The molecule has 0 radical (unpaired) electrons. The summed E-state index contributed by atoms with van der Waals surface area (Å²) in [6, 6.07) is 1.78. The fourth-order valence-corrected chi connectivity index (χ4v) is 3.91. The number of hydrogen-bond acceptors (Lipinski definition) is 3. The highest BCUT2D eigenvalue weighted by atomic mass is 32.2. The van der Waals surface area contributed by atoms with Gasteiger partial charge < -0.3 is 0 Å². The molecular formula is C10H18N2O2S. The zero-order valence-corrected chi connectivity index (χ0v) is 10.1. The van der Waals surface area contributed by atoms with E-state index in [-0.39, 0.29) is 17.7 Å². The van der Waals surface area contributed by atoms with Crippen molar-refractivity contribution in [2.24, 2.45) is 0 Å². The van der Waals surface area contributed by atoms with Gasteiger partial charge in [-0.25, -0.2) is 12.7 Å². The van der Waals surface area contributed by atoms with E-state index in [0.717, 1.165) is 25.7 Å². The second-order valence-corrected chi connectivity index (χ2v) is 6.45. The standard InChI is InChI=1S/C10H18N2O2S/c1-9(7-8-11)12(2)15(13,14)10-5-3-4-6-10/h9-10H,3-7H2,1-2H3. The zero-order chi connectivity index (χ0) is 11.5. The van der Waals surface area contributed by atoms with Crippen LogP contribution in [0.2, 0.25) is 0 Å². The molecule has 0 aromatic rings. The van der Waals surface area contributed by atoms with Gasteiger partial charge in [0.05, 0.1) is 17.7 Å². The molecular weight excluding hydrogens is 212 g/mol. The predicted octanol–water partition coefficient (Wildman–Crippen LogP) is 1.49. The minimum absolute atomic E-state index is 0.219. The van der Waals surface area contributed by atoms with Gasteiger partial charge >= 0.3 is 0 Å². The van der Waals surface area contributed by atoms with Crippen molar-refractivity contribution < 1.29 is 8.42 Å². The van der Waals surface area contributed by atoms with Gasteiger partial charge in [0.25, 0.3) is 0 Å². The van der Waals surface area contributed by atoms with Gasteiger partial charge in [-0.2, -0.15) is 5.26 Å². The maximum Gasteiger partial charge on any atom is 0.217 e. The molecule has 1 fully saturated rings. The van der Waals surface area contributed by atoms with Gasteiger partial charge in [0.15, 0.2) is 0 Å². The number of nitriles is 1. The van der Waals surface area contributed by atoms with Crippen molar-refractivity contribution in [2.45, 2.75) is 50.3 Å². The summed E-state index contributed by atoms with van der Waals surface area (Å²) in [6.07, 6.45) is 3.80. The Morgan fingerprint density at radius 2 is 2.00 bits per heavy atom. The lowest BCUT2D eigenvalue weighted by molar-refractivity contribution is 0.386. The molecule has 86 valence electrons. The normalized spacial score (nSPS) is 20.4. The zero-order valence-electron chi connectivity index (χ0n) is 9.31. The Balaban J connectivity index is 2.72. The molecule has 5 heteroatoms. The molecule has 1 rings (SSSR count). The highest BCUT2D eigenvalue weighted by Gasteiger charge is 2.34. The molecule has 0 amide bonds. The van der Waals surface area contributed by atoms with Crippen molar-refractivity contribution in [2.75, 3.05) is 7.05 Å². The quantitative estimate of drug-likeness (QED) is 0.735. The molecule has 0 N–H and O–H groups in total. The van der Waals surface area contributed by atoms with E-state index >= 15 is 0 Å². The Labute approximate surface area is 91.9 Å². The van der Waals surface area contributed by atoms with E-state index in [4.69, 9.17) is 5.26 Å². The van der Waals surface area contributed by atoms with Crippen LogP contribution in [-0.4, -0.2) is 31.1 Å². The first-order valence-corrected chi connectivity index (χ1v) is 6.84. The van der Waals surface area contributed by atoms with Gasteiger partial charge in [0.2, 0.25) is 10.0 Å². The fraction of sp³-hybridized carbons (Fsp3) is 0.900. The monoisotopic (exact) mass is 230 g/mol. The second-order valence-electron chi connectivity index (χ2n) is 4.18. The molecule has 0 aromatic heterocycles. The summed E-state index contributed by atoms with van der Waals surface area (Å²) in [6.45, 7) is 1.77. The Kier molecular flexibility index (Phi) is 4.12. The van der Waals surface area contributed by atoms with Crippen molar-refractivity contribution in [1.29, 1.82) is 5.26 Å². The van der Waals surface area contributed by atoms with Crippen LogP contribution >= 0.6 is 0 Å². The highest BCUT2D eigenvalue weighted by molar-refractivity contribution is 7.89. The summed E-state index contributed by atoms with van der Waals surface area (Å²) in [4.78, 5) is 0. The first-order chi connectivity index (χ1) is 7.00. The number of rotatable bonds is 4. The Bertz CT molecular complexity index is 339. The van der Waals surface area contributed by atoms with Crippen LogP contribution in [0.15, 0.2) is 0 Å². The van der Waals surface area contributed by atoms with Gasteiger partial charge in [-0.05, 0) is 19.8 Å². The summed E-state index contributed by atoms with van der Waals surface area (Å²) in [5, 5.41) is 8.33. The molecule has 0 aromatic carbocycles. The molecule has 0 spiro atoms. The summed E-state index contributed by atoms with van der Waals surface area (Å²) in [5.41, 5.74) is 0. The first kappa shape index (κ1) is 12.5. The maximum atomic E-state index is 12.1. The molecule has 1 aliphatic rings. The molecule has 0 aliphatic heterocycles. The van der Waals surface area contributed by atoms with Crippen molar-refractivity contribution in [3.8, 4) is 6.07 Å². The van der Waals surface area contributed by atoms with Crippen molar-refractivity contribution in [3.05, 3.63) is 0 Å². The molecule has 4 nitrogen and oxygen atoms in total. The number of sulfonamides is 1. The van der Waals surface area contributed by atoms with Gasteiger partial charge in [-0.15, -0.1) is 0 Å². The Hall–Kier alpha value is -0.600. The smallest absolute Gasteiger partial charge is 0.212 e. The van der Waals surface area contributed by atoms with E-state index in [1.165, 1.54) is 4.31 Å². The van der Waals surface area contributed by atoms with Crippen LogP contribution in [0.4, 0.5) is 0 Å². The lowest BCUT2D eigenvalue weighted by Crippen LogP contribution is -2.40. The fourth-order valence-electron chi connectivity index (χ4n) is 1.93. The van der Waals surface area contributed by atoms with Crippen LogP contribution in [0.5, 0.6) is 0 Å². The van der Waals surface area contributed by atoms with E-state index in [9.17, 15) is 8.42 Å². The summed E-state index contributed by atoms with van der Waals surface area (Å²) < 4.78 is 25.5. The number of hydrogen-bond donors (Lipinski definition) is 0. The third-order valence-corrected chi connectivity index (χ3v) is 5.61. The van der Waals surface area contributed by atoms with Crippen LogP contribution in [0, 0.1) is 11.3 Å². The highest BCUT2D eigenvalue weighted by Crippen LogP contribution is 2.27. The molecule has 15 heavy (non-hydrogen) atoms. The van der Waals surface area contributed by atoms with Crippen LogP contribution in [0.3, 0.4) is 0 Å². The largest absolute Gasteiger partial charge is 0.217 e. The van der Waals surface area contributed by atoms with E-state index in [1.54, 1.807) is 14.0 Å². The summed E-state index contributed by atoms with van der Waals surface area (Å²) in [7, 11) is -1.60. The topological polar surface area (TPSA) is 61.2 Å². The van der Waals surface area contributed by atoms with Crippen LogP contribution in [-0.2, 0) is 10.0 Å². The Morgan fingerprint density at radius 1 is 1.47 bits per heavy atom. The maximum absolute atomic E-state index is 12.1. The third-order valence-electron chi connectivity index (χ3n) is 3.13. The Morgan fingerprint density at radius 3 is 2.47 bits per heavy atom. The summed E-state index contributed by atoms with van der Waals surface area (Å²) >= 11 is 0. The van der Waals surface area contributed by atoms with Gasteiger partial charge in [-0.1, -0.05) is 12.8 Å². The predicted molar refractivity (Wildman–Crippen MR) is 58.6 cm³/mol. The minimum atomic E-state index is -3.18. The van der Waals surface area contributed by atoms with Gasteiger partial charge in [0.1, 0.15) is 0 Å². The summed E-state index contributed by atoms with van der Waals surface area (Å²) in [5.74, 6) is 0. The lowest BCUT2D eigenvalue weighted by Gasteiger charge is -2.25. The van der Waals surface area contributed by atoms with Crippen molar-refractivity contribution >= 4 is 10.0 Å². The molecule has 1 aliphatic carbocycles. The number of nitrogens with zero attached hydrogens (tertiary/aromatic N) is 2. The molecule has 0 bridgehead atoms. The van der Waals surface area contributed by atoms with Crippen LogP contribution in [0.1, 0.15) is 39.0 Å².